The quantitative estimate of drug-likeness (QED) is 0.379. The van der Waals surface area contributed by atoms with Crippen LogP contribution in [0.4, 0.5) is 0 Å². The fourth-order valence-corrected chi connectivity index (χ4v) is 6.20. The van der Waals surface area contributed by atoms with Crippen molar-refractivity contribution in [2.75, 3.05) is 13.6 Å². The third-order valence-corrected chi connectivity index (χ3v) is 8.00. The van der Waals surface area contributed by atoms with Crippen LogP contribution in [0.1, 0.15) is 29.3 Å². The van der Waals surface area contributed by atoms with Crippen LogP contribution in [0.25, 0.3) is 16.6 Å². The monoisotopic (exact) mass is 476 g/mol. The highest BCUT2D eigenvalue weighted by atomic mass is 16.5. The summed E-state index contributed by atoms with van der Waals surface area (Å²) in [5.74, 6) is 2.12. The third kappa shape index (κ3) is 3.67. The van der Waals surface area contributed by atoms with E-state index in [1.54, 1.807) is 4.68 Å². The van der Waals surface area contributed by atoms with E-state index in [1.807, 2.05) is 42.5 Å². The third-order valence-electron chi connectivity index (χ3n) is 8.00. The summed E-state index contributed by atoms with van der Waals surface area (Å²) in [4.78, 5) is 6.25. The van der Waals surface area contributed by atoms with Crippen molar-refractivity contribution in [1.82, 2.24) is 30.1 Å². The summed E-state index contributed by atoms with van der Waals surface area (Å²) in [5.41, 5.74) is 6.45. The van der Waals surface area contributed by atoms with Crippen LogP contribution in [-0.2, 0) is 12.8 Å². The number of aromatic amines is 1. The van der Waals surface area contributed by atoms with E-state index in [9.17, 15) is 0 Å². The first-order valence-electron chi connectivity index (χ1n) is 12.6. The van der Waals surface area contributed by atoms with Crippen molar-refractivity contribution in [3.63, 3.8) is 0 Å². The number of ether oxygens (including phenoxy) is 1. The minimum Gasteiger partial charge on any atom is -0.423 e. The van der Waals surface area contributed by atoms with Gasteiger partial charge < -0.3 is 9.72 Å². The van der Waals surface area contributed by atoms with Gasteiger partial charge in [0, 0.05) is 29.2 Å². The molecule has 7 heteroatoms. The Morgan fingerprint density at radius 1 is 0.889 bits per heavy atom. The van der Waals surface area contributed by atoms with Crippen molar-refractivity contribution < 1.29 is 4.74 Å². The molecular formula is C29H28N6O. The summed E-state index contributed by atoms with van der Waals surface area (Å²) in [5, 5.41) is 13.3. The van der Waals surface area contributed by atoms with Gasteiger partial charge in [0.25, 0.3) is 0 Å². The van der Waals surface area contributed by atoms with Crippen LogP contribution in [-0.4, -0.2) is 43.7 Å². The number of tetrazole rings is 1. The van der Waals surface area contributed by atoms with Gasteiger partial charge >= 0.3 is 6.01 Å². The molecule has 0 saturated carbocycles. The zero-order valence-corrected chi connectivity index (χ0v) is 20.2. The predicted molar refractivity (Wildman–Crippen MR) is 138 cm³/mol. The summed E-state index contributed by atoms with van der Waals surface area (Å²) < 4.78 is 7.64. The molecule has 1 N–H and O–H groups in total. The fraction of sp³-hybridized carbons (Fsp3) is 0.276. The van der Waals surface area contributed by atoms with Gasteiger partial charge in [-0.2, -0.15) is 4.68 Å². The van der Waals surface area contributed by atoms with Crippen LogP contribution in [0.2, 0.25) is 0 Å². The molecule has 2 aromatic heterocycles. The first-order chi connectivity index (χ1) is 17.7. The number of likely N-dealkylation sites (tertiary alicyclic amines) is 1. The number of hydrogen-bond donors (Lipinski definition) is 1. The Morgan fingerprint density at radius 2 is 1.69 bits per heavy atom. The van der Waals surface area contributed by atoms with Crippen LogP contribution in [0, 0.1) is 11.8 Å². The number of H-pyrrole nitrogens is 1. The number of fused-ring (bicyclic) bond motifs is 4. The average Bonchev–Trinajstić information content (AvgIpc) is 3.52. The van der Waals surface area contributed by atoms with Crippen molar-refractivity contribution in [3.8, 4) is 17.4 Å². The van der Waals surface area contributed by atoms with Gasteiger partial charge in [-0.1, -0.05) is 53.6 Å². The predicted octanol–water partition coefficient (Wildman–Crippen LogP) is 5.34. The van der Waals surface area contributed by atoms with Crippen LogP contribution in [0.15, 0.2) is 78.9 Å². The minimum absolute atomic E-state index is 0.350. The molecule has 0 spiro atoms. The molecule has 1 fully saturated rings. The van der Waals surface area contributed by atoms with Crippen molar-refractivity contribution in [1.29, 1.82) is 0 Å². The molecule has 3 heterocycles. The first kappa shape index (κ1) is 21.3. The topological polar surface area (TPSA) is 71.9 Å². The molecule has 7 rings (SSSR count). The average molecular weight is 477 g/mol. The molecule has 3 atom stereocenters. The zero-order chi connectivity index (χ0) is 24.1. The summed E-state index contributed by atoms with van der Waals surface area (Å²) in [6.45, 7) is 1.12. The Morgan fingerprint density at radius 3 is 2.56 bits per heavy atom. The van der Waals surface area contributed by atoms with E-state index in [0.29, 0.717) is 23.9 Å². The minimum atomic E-state index is 0.350. The lowest BCUT2D eigenvalue weighted by Crippen LogP contribution is -2.43. The second-order valence-electron chi connectivity index (χ2n) is 10.1. The maximum atomic E-state index is 6.04. The van der Waals surface area contributed by atoms with Crippen LogP contribution < -0.4 is 4.74 Å². The molecule has 180 valence electrons. The number of hydrogen-bond acceptors (Lipinski definition) is 5. The molecule has 2 aliphatic rings. The lowest BCUT2D eigenvalue weighted by molar-refractivity contribution is 0.0776. The molecule has 0 radical (unpaired) electrons. The number of benzene rings is 3. The van der Waals surface area contributed by atoms with E-state index >= 15 is 0 Å². The Kier molecular flexibility index (Phi) is 5.10. The largest absolute Gasteiger partial charge is 0.423 e. The lowest BCUT2D eigenvalue weighted by Gasteiger charge is -2.45. The number of nitrogens with zero attached hydrogens (tertiary/aromatic N) is 5. The van der Waals surface area contributed by atoms with Gasteiger partial charge in [0.05, 0.1) is 5.69 Å². The number of rotatable bonds is 4. The van der Waals surface area contributed by atoms with E-state index in [-0.39, 0.29) is 0 Å². The number of piperidine rings is 1. The zero-order valence-electron chi connectivity index (χ0n) is 20.2. The first-order valence-corrected chi connectivity index (χ1v) is 12.6. The molecule has 0 amide bonds. The second kappa shape index (κ2) is 8.60. The van der Waals surface area contributed by atoms with Crippen LogP contribution in [0.5, 0.6) is 11.8 Å². The van der Waals surface area contributed by atoms with E-state index in [4.69, 9.17) is 4.74 Å². The molecule has 1 aliphatic carbocycles. The molecule has 5 aromatic rings. The molecule has 1 aliphatic heterocycles. The summed E-state index contributed by atoms with van der Waals surface area (Å²) in [6, 6.07) is 27.7. The summed E-state index contributed by atoms with van der Waals surface area (Å²) in [6.07, 6.45) is 3.48. The maximum Gasteiger partial charge on any atom is 0.345 e. The smallest absolute Gasteiger partial charge is 0.345 e. The fourth-order valence-electron chi connectivity index (χ4n) is 6.20. The normalized spacial score (nSPS) is 21.8. The number of nitrogens with one attached hydrogen (secondary N) is 1. The molecule has 3 unspecified atom stereocenters. The highest BCUT2D eigenvalue weighted by molar-refractivity contribution is 5.84. The van der Waals surface area contributed by atoms with Gasteiger partial charge in [-0.25, -0.2) is 0 Å². The Bertz CT molecular complexity index is 1510. The Hall–Kier alpha value is -3.97. The second-order valence-corrected chi connectivity index (χ2v) is 10.1. The summed E-state index contributed by atoms with van der Waals surface area (Å²) >= 11 is 0. The number of para-hydroxylation sites is 2. The molecule has 36 heavy (non-hydrogen) atoms. The Labute approximate surface area is 209 Å². The van der Waals surface area contributed by atoms with Crippen LogP contribution in [0.3, 0.4) is 0 Å². The van der Waals surface area contributed by atoms with E-state index < -0.39 is 0 Å². The van der Waals surface area contributed by atoms with Crippen molar-refractivity contribution in [2.45, 2.75) is 25.3 Å². The maximum absolute atomic E-state index is 6.04. The Balaban J connectivity index is 1.09. The van der Waals surface area contributed by atoms with Crippen molar-refractivity contribution in [3.05, 3.63) is 95.7 Å². The van der Waals surface area contributed by atoms with Crippen molar-refractivity contribution in [2.24, 2.45) is 11.8 Å². The van der Waals surface area contributed by atoms with Gasteiger partial charge in [0.15, 0.2) is 0 Å². The van der Waals surface area contributed by atoms with E-state index in [2.05, 4.69) is 68.9 Å². The van der Waals surface area contributed by atoms with Gasteiger partial charge in [-0.3, -0.25) is 4.90 Å². The SMILES string of the molecule is CN1CC2Cc3c([nH]c4ccccc34)CC2CC1c1ccc(Oc2nnnn2-c2ccccc2)cc1. The van der Waals surface area contributed by atoms with Gasteiger partial charge in [-0.05, 0) is 90.0 Å². The van der Waals surface area contributed by atoms with Gasteiger partial charge in [-0.15, -0.1) is 0 Å². The summed E-state index contributed by atoms with van der Waals surface area (Å²) in [7, 11) is 2.27. The van der Waals surface area contributed by atoms with Crippen LogP contribution >= 0.6 is 0 Å². The van der Waals surface area contributed by atoms with Gasteiger partial charge in [0.2, 0.25) is 0 Å². The number of aromatic nitrogens is 5. The molecule has 0 bridgehead atoms. The molecule has 3 aromatic carbocycles. The van der Waals surface area contributed by atoms with E-state index in [0.717, 1.165) is 24.4 Å². The standard InChI is InChI=1S/C29H28N6O/c1-34-18-21-15-25-24-9-5-6-10-26(24)30-27(25)16-20(21)17-28(34)19-11-13-23(14-12-19)36-29-31-32-33-35(29)22-7-3-2-4-8-22/h2-14,20-21,28,30H,15-18H2,1H3. The van der Waals surface area contributed by atoms with Crippen molar-refractivity contribution >= 4 is 10.9 Å². The lowest BCUT2D eigenvalue weighted by atomic mass is 9.71. The molecular weight excluding hydrogens is 448 g/mol. The van der Waals surface area contributed by atoms with E-state index in [1.165, 1.54) is 40.6 Å². The highest BCUT2D eigenvalue weighted by Gasteiger charge is 2.38. The van der Waals surface area contributed by atoms with Gasteiger partial charge in [0.1, 0.15) is 5.75 Å². The molecule has 1 saturated heterocycles. The molecule has 7 nitrogen and oxygen atoms in total. The highest BCUT2D eigenvalue weighted by Crippen LogP contribution is 2.44.